The summed E-state index contributed by atoms with van der Waals surface area (Å²) in [5.41, 5.74) is 4.58. The molecule has 0 aromatic heterocycles. The second kappa shape index (κ2) is 5.78. The molecular weight excluding hydrogens is 248 g/mol. The molecule has 0 aliphatic carbocycles. The van der Waals surface area contributed by atoms with Gasteiger partial charge in [0.05, 0.1) is 7.11 Å². The van der Waals surface area contributed by atoms with Gasteiger partial charge < -0.3 is 10.1 Å². The van der Waals surface area contributed by atoms with Crippen molar-refractivity contribution < 1.29 is 4.74 Å². The predicted octanol–water partition coefficient (Wildman–Crippen LogP) is 3.80. The van der Waals surface area contributed by atoms with E-state index in [1.54, 1.807) is 7.11 Å². The third kappa shape index (κ3) is 2.52. The van der Waals surface area contributed by atoms with Gasteiger partial charge in [-0.25, -0.2) is 0 Å². The molecule has 2 aromatic carbocycles. The monoisotopic (exact) mass is 266 g/mol. The van der Waals surface area contributed by atoms with Gasteiger partial charge in [0.1, 0.15) is 11.4 Å². The van der Waals surface area contributed by atoms with Gasteiger partial charge in [0, 0.05) is 24.0 Å². The lowest BCUT2D eigenvalue weighted by Crippen LogP contribution is -2.13. The number of aliphatic imine (C=N–C) groups is 1. The number of para-hydroxylation sites is 3. The van der Waals surface area contributed by atoms with E-state index in [2.05, 4.69) is 28.5 Å². The summed E-state index contributed by atoms with van der Waals surface area (Å²) in [4.78, 5) is 4.57. The van der Waals surface area contributed by atoms with Crippen molar-refractivity contribution in [1.29, 1.82) is 0 Å². The van der Waals surface area contributed by atoms with Gasteiger partial charge in [-0.1, -0.05) is 30.3 Å². The van der Waals surface area contributed by atoms with Crippen LogP contribution in [0, 0.1) is 0 Å². The summed E-state index contributed by atoms with van der Waals surface area (Å²) in [6.45, 7) is 1.03. The van der Waals surface area contributed by atoms with E-state index in [0.29, 0.717) is 0 Å². The van der Waals surface area contributed by atoms with E-state index in [0.717, 1.165) is 30.0 Å². The Bertz CT molecular complexity index is 635. The molecule has 1 heterocycles. The van der Waals surface area contributed by atoms with E-state index in [9.17, 15) is 0 Å². The molecule has 0 unspecified atom stereocenters. The Hall–Kier alpha value is -2.29. The van der Waals surface area contributed by atoms with E-state index in [1.807, 2.05) is 30.5 Å². The highest BCUT2D eigenvalue weighted by Gasteiger charge is 2.10. The Kier molecular flexibility index (Phi) is 3.68. The Morgan fingerprint density at radius 3 is 2.95 bits per heavy atom. The predicted molar refractivity (Wildman–Crippen MR) is 83.5 cm³/mol. The van der Waals surface area contributed by atoms with E-state index < -0.39 is 0 Å². The van der Waals surface area contributed by atoms with Crippen LogP contribution in [-0.4, -0.2) is 19.9 Å². The van der Waals surface area contributed by atoms with E-state index in [4.69, 9.17) is 4.74 Å². The zero-order chi connectivity index (χ0) is 13.8. The van der Waals surface area contributed by atoms with Crippen LogP contribution >= 0.6 is 0 Å². The van der Waals surface area contributed by atoms with Crippen molar-refractivity contribution in [2.24, 2.45) is 4.99 Å². The van der Waals surface area contributed by atoms with E-state index in [1.165, 1.54) is 17.7 Å². The van der Waals surface area contributed by atoms with Crippen LogP contribution in [0.15, 0.2) is 47.5 Å². The molecule has 3 heteroatoms. The van der Waals surface area contributed by atoms with E-state index in [-0.39, 0.29) is 0 Å². The molecule has 0 fully saturated rings. The molecule has 1 aliphatic heterocycles. The van der Waals surface area contributed by atoms with Crippen molar-refractivity contribution in [3.8, 4) is 5.75 Å². The molecule has 0 amide bonds. The molecule has 3 rings (SSSR count). The quantitative estimate of drug-likeness (QED) is 0.857. The number of methoxy groups -OCH3 is 1. The summed E-state index contributed by atoms with van der Waals surface area (Å²) < 4.78 is 5.32. The first-order chi connectivity index (χ1) is 9.88. The smallest absolute Gasteiger partial charge is 0.144 e. The summed E-state index contributed by atoms with van der Waals surface area (Å²) in [5, 5.41) is 3.47. The fourth-order valence-corrected chi connectivity index (χ4v) is 2.52. The second-order valence-corrected chi connectivity index (χ2v) is 4.84. The number of anilines is 1. The standard InChI is InChI=1S/C17H18N2O/c1-20-16-10-3-2-9-15(16)19-12-14-7-4-6-13-8-5-11-18-17(13)14/h2-4,6-7,9-10,12,18H,5,8,11H2,1H3. The Morgan fingerprint density at radius 2 is 2.05 bits per heavy atom. The molecule has 102 valence electrons. The average molecular weight is 266 g/mol. The topological polar surface area (TPSA) is 33.6 Å². The maximum atomic E-state index is 5.32. The number of nitrogens with zero attached hydrogens (tertiary/aromatic N) is 1. The molecule has 1 N–H and O–H groups in total. The van der Waals surface area contributed by atoms with Crippen molar-refractivity contribution >= 4 is 17.6 Å². The molecule has 0 bridgehead atoms. The summed E-state index contributed by atoms with van der Waals surface area (Å²) >= 11 is 0. The first-order valence-corrected chi connectivity index (χ1v) is 6.91. The molecule has 0 radical (unpaired) electrons. The highest BCUT2D eigenvalue weighted by Crippen LogP contribution is 2.28. The molecule has 1 aliphatic rings. The van der Waals surface area contributed by atoms with Gasteiger partial charge in [-0.2, -0.15) is 0 Å². The fraction of sp³-hybridized carbons (Fsp3) is 0.235. The number of hydrogen-bond donors (Lipinski definition) is 1. The molecular formula is C17H18N2O. The molecule has 20 heavy (non-hydrogen) atoms. The van der Waals surface area contributed by atoms with Crippen molar-refractivity contribution in [2.45, 2.75) is 12.8 Å². The maximum absolute atomic E-state index is 5.32. The zero-order valence-electron chi connectivity index (χ0n) is 11.6. The largest absolute Gasteiger partial charge is 0.494 e. The lowest BCUT2D eigenvalue weighted by Gasteiger charge is -2.19. The first kappa shape index (κ1) is 12.7. The van der Waals surface area contributed by atoms with Gasteiger partial charge in [0.2, 0.25) is 0 Å². The molecule has 0 saturated carbocycles. The number of fused-ring (bicyclic) bond motifs is 1. The van der Waals surface area contributed by atoms with Crippen LogP contribution in [0.2, 0.25) is 0 Å². The maximum Gasteiger partial charge on any atom is 0.144 e. The van der Waals surface area contributed by atoms with Crippen LogP contribution in [0.25, 0.3) is 0 Å². The summed E-state index contributed by atoms with van der Waals surface area (Å²) in [7, 11) is 1.67. The van der Waals surface area contributed by atoms with Crippen LogP contribution < -0.4 is 10.1 Å². The van der Waals surface area contributed by atoms with Gasteiger partial charge in [-0.3, -0.25) is 4.99 Å². The lowest BCUT2D eigenvalue weighted by atomic mass is 10.00. The second-order valence-electron chi connectivity index (χ2n) is 4.84. The van der Waals surface area contributed by atoms with Crippen molar-refractivity contribution in [2.75, 3.05) is 19.0 Å². The van der Waals surface area contributed by atoms with Crippen molar-refractivity contribution in [3.05, 3.63) is 53.6 Å². The third-order valence-corrected chi connectivity index (χ3v) is 3.54. The Morgan fingerprint density at radius 1 is 1.15 bits per heavy atom. The Balaban J connectivity index is 1.93. The molecule has 0 atom stereocenters. The van der Waals surface area contributed by atoms with Gasteiger partial charge in [-0.15, -0.1) is 0 Å². The molecule has 0 saturated heterocycles. The first-order valence-electron chi connectivity index (χ1n) is 6.91. The zero-order valence-corrected chi connectivity index (χ0v) is 11.6. The van der Waals surface area contributed by atoms with E-state index >= 15 is 0 Å². The van der Waals surface area contributed by atoms with Gasteiger partial charge in [0.25, 0.3) is 0 Å². The minimum absolute atomic E-state index is 0.793. The summed E-state index contributed by atoms with van der Waals surface area (Å²) in [5.74, 6) is 0.793. The molecule has 2 aromatic rings. The number of nitrogens with one attached hydrogen (secondary N) is 1. The van der Waals surface area contributed by atoms with Crippen molar-refractivity contribution in [1.82, 2.24) is 0 Å². The van der Waals surface area contributed by atoms with Gasteiger partial charge in [0.15, 0.2) is 0 Å². The highest BCUT2D eigenvalue weighted by molar-refractivity contribution is 5.91. The molecule has 3 nitrogen and oxygen atoms in total. The minimum atomic E-state index is 0.793. The number of rotatable bonds is 3. The third-order valence-electron chi connectivity index (χ3n) is 3.54. The van der Waals surface area contributed by atoms with Crippen molar-refractivity contribution in [3.63, 3.8) is 0 Å². The number of aryl methyl sites for hydroxylation is 1. The lowest BCUT2D eigenvalue weighted by molar-refractivity contribution is 0.416. The van der Waals surface area contributed by atoms with Crippen LogP contribution in [0.3, 0.4) is 0 Å². The van der Waals surface area contributed by atoms with Gasteiger partial charge >= 0.3 is 0 Å². The number of hydrogen-bond acceptors (Lipinski definition) is 3. The highest BCUT2D eigenvalue weighted by atomic mass is 16.5. The Labute approximate surface area is 119 Å². The number of benzene rings is 2. The molecule has 0 spiro atoms. The summed E-state index contributed by atoms with van der Waals surface area (Å²) in [6.07, 6.45) is 4.24. The normalized spacial score (nSPS) is 13.8. The van der Waals surface area contributed by atoms with Crippen LogP contribution in [0.4, 0.5) is 11.4 Å². The van der Waals surface area contributed by atoms with Gasteiger partial charge in [-0.05, 0) is 30.5 Å². The average Bonchev–Trinajstić information content (AvgIpc) is 2.53. The van der Waals surface area contributed by atoms with Crippen LogP contribution in [0.1, 0.15) is 17.5 Å². The van der Waals surface area contributed by atoms with Crippen LogP contribution in [0.5, 0.6) is 5.75 Å². The summed E-state index contributed by atoms with van der Waals surface area (Å²) in [6, 6.07) is 14.2. The SMILES string of the molecule is COc1ccccc1N=Cc1cccc2c1NCCC2. The minimum Gasteiger partial charge on any atom is -0.494 e. The van der Waals surface area contributed by atoms with Crippen LogP contribution in [-0.2, 0) is 6.42 Å². The number of ether oxygens (including phenoxy) is 1. The fourth-order valence-electron chi connectivity index (χ4n) is 2.52.